The summed E-state index contributed by atoms with van der Waals surface area (Å²) in [6.07, 6.45) is 1.04. The smallest absolute Gasteiger partial charge is 0.195 e. The first kappa shape index (κ1) is 20.8. The van der Waals surface area contributed by atoms with Crippen LogP contribution in [0.2, 0.25) is 0 Å². The highest BCUT2D eigenvalue weighted by molar-refractivity contribution is 7.24. The highest BCUT2D eigenvalue weighted by atomic mass is 35.5. The van der Waals surface area contributed by atoms with Gasteiger partial charge in [-0.3, -0.25) is 4.79 Å². The molecule has 26 heavy (non-hydrogen) atoms. The Morgan fingerprint density at radius 2 is 1.73 bits per heavy atom. The van der Waals surface area contributed by atoms with E-state index in [9.17, 15) is 4.79 Å². The minimum absolute atomic E-state index is 0. The lowest BCUT2D eigenvalue weighted by Crippen LogP contribution is -2.24. The molecule has 1 heterocycles. The highest BCUT2D eigenvalue weighted by Crippen LogP contribution is 2.25. The molecule has 0 spiro atoms. The van der Waals surface area contributed by atoms with Gasteiger partial charge >= 0.3 is 0 Å². The maximum absolute atomic E-state index is 12.7. The summed E-state index contributed by atoms with van der Waals surface area (Å²) in [6, 6.07) is 13.9. The topological polar surface area (TPSA) is 29.5 Å². The third kappa shape index (κ3) is 4.83. The lowest BCUT2D eigenvalue weighted by Gasteiger charge is -2.17. The van der Waals surface area contributed by atoms with E-state index >= 15 is 0 Å². The minimum Gasteiger partial charge on any atom is -0.377 e. The maximum atomic E-state index is 12.7. The van der Waals surface area contributed by atoms with Crippen molar-refractivity contribution in [3.05, 3.63) is 58.3 Å². The zero-order chi connectivity index (χ0) is 17.6. The second-order valence-corrected chi connectivity index (χ2v) is 7.27. The quantitative estimate of drug-likeness (QED) is 0.396. The van der Waals surface area contributed by atoms with Crippen molar-refractivity contribution < 1.29 is 4.74 Å². The fourth-order valence-corrected chi connectivity index (χ4v) is 4.11. The van der Waals surface area contributed by atoms with Crippen LogP contribution < -0.4 is 5.43 Å². The molecule has 0 N–H and O–H groups in total. The molecule has 0 saturated carbocycles. The van der Waals surface area contributed by atoms with Gasteiger partial charge in [0.05, 0.1) is 6.61 Å². The van der Waals surface area contributed by atoms with E-state index < -0.39 is 0 Å². The van der Waals surface area contributed by atoms with Crippen LogP contribution in [0.4, 0.5) is 0 Å². The predicted molar refractivity (Wildman–Crippen MR) is 115 cm³/mol. The SMILES string of the molecule is CCN(CC)CCCOCc1ccc2sc3ccccc3c(=O)c2c1.Cl. The molecule has 0 bridgehead atoms. The van der Waals surface area contributed by atoms with Gasteiger partial charge in [0.2, 0.25) is 0 Å². The number of hydrogen-bond donors (Lipinski definition) is 0. The molecule has 0 fully saturated rings. The number of rotatable bonds is 8. The molecule has 0 unspecified atom stereocenters. The predicted octanol–water partition coefficient (Wildman–Crippen LogP) is 5.09. The van der Waals surface area contributed by atoms with Gasteiger partial charge in [-0.1, -0.05) is 32.0 Å². The maximum Gasteiger partial charge on any atom is 0.195 e. The van der Waals surface area contributed by atoms with E-state index in [0.29, 0.717) is 6.61 Å². The van der Waals surface area contributed by atoms with Crippen LogP contribution in [0.5, 0.6) is 0 Å². The molecular formula is C21H26ClNO2S. The molecule has 0 aliphatic rings. The summed E-state index contributed by atoms with van der Waals surface area (Å²) >= 11 is 1.67. The van der Waals surface area contributed by atoms with Crippen LogP contribution in [0.15, 0.2) is 47.3 Å². The van der Waals surface area contributed by atoms with E-state index in [1.54, 1.807) is 11.3 Å². The van der Waals surface area contributed by atoms with Crippen molar-refractivity contribution in [1.29, 1.82) is 0 Å². The van der Waals surface area contributed by atoms with Crippen LogP contribution >= 0.6 is 23.7 Å². The first-order valence-corrected chi connectivity index (χ1v) is 9.79. The molecule has 3 nitrogen and oxygen atoms in total. The lowest BCUT2D eigenvalue weighted by atomic mass is 10.1. The first-order chi connectivity index (χ1) is 12.2. The molecule has 0 aliphatic carbocycles. The third-order valence-electron chi connectivity index (χ3n) is 4.57. The van der Waals surface area contributed by atoms with Gasteiger partial charge in [-0.15, -0.1) is 23.7 Å². The number of fused-ring (bicyclic) bond motifs is 2. The molecule has 1 aromatic heterocycles. The van der Waals surface area contributed by atoms with Gasteiger partial charge in [-0.25, -0.2) is 0 Å². The minimum atomic E-state index is 0. The van der Waals surface area contributed by atoms with Crippen LogP contribution in [0, 0.1) is 0 Å². The van der Waals surface area contributed by atoms with Crippen LogP contribution in [0.3, 0.4) is 0 Å². The Kier molecular flexibility index (Phi) is 8.04. The molecule has 0 amide bonds. The van der Waals surface area contributed by atoms with E-state index in [-0.39, 0.29) is 17.8 Å². The Balaban J connectivity index is 0.00000243. The van der Waals surface area contributed by atoms with E-state index in [1.807, 2.05) is 36.4 Å². The Labute approximate surface area is 165 Å². The molecule has 0 saturated heterocycles. The second kappa shape index (κ2) is 10.0. The monoisotopic (exact) mass is 391 g/mol. The Morgan fingerprint density at radius 3 is 2.50 bits per heavy atom. The van der Waals surface area contributed by atoms with Crippen LogP contribution in [0.25, 0.3) is 20.2 Å². The number of hydrogen-bond acceptors (Lipinski definition) is 4. The van der Waals surface area contributed by atoms with Crippen molar-refractivity contribution in [2.24, 2.45) is 0 Å². The fraction of sp³-hybridized carbons (Fsp3) is 0.381. The molecule has 5 heteroatoms. The zero-order valence-electron chi connectivity index (χ0n) is 15.4. The van der Waals surface area contributed by atoms with E-state index in [0.717, 1.165) is 58.4 Å². The van der Waals surface area contributed by atoms with Gasteiger partial charge < -0.3 is 9.64 Å². The third-order valence-corrected chi connectivity index (χ3v) is 5.72. The molecule has 0 atom stereocenters. The summed E-state index contributed by atoms with van der Waals surface area (Å²) in [4.78, 5) is 15.1. The molecule has 0 radical (unpaired) electrons. The summed E-state index contributed by atoms with van der Waals surface area (Å²) in [5, 5.41) is 1.60. The first-order valence-electron chi connectivity index (χ1n) is 8.97. The van der Waals surface area contributed by atoms with Crippen LogP contribution in [-0.2, 0) is 11.3 Å². The molecule has 3 rings (SSSR count). The highest BCUT2D eigenvalue weighted by Gasteiger charge is 2.06. The molecule has 140 valence electrons. The van der Waals surface area contributed by atoms with Crippen molar-refractivity contribution in [2.75, 3.05) is 26.2 Å². The summed E-state index contributed by atoms with van der Waals surface area (Å²) < 4.78 is 7.89. The van der Waals surface area contributed by atoms with Crippen molar-refractivity contribution in [1.82, 2.24) is 4.90 Å². The standard InChI is InChI=1S/C21H25NO2S.ClH/c1-3-22(4-2)12-7-13-24-15-16-10-11-20-18(14-16)21(23)17-8-5-6-9-19(17)25-20;/h5-6,8-11,14H,3-4,7,12-13,15H2,1-2H3;1H. The van der Waals surface area contributed by atoms with E-state index in [1.165, 1.54) is 0 Å². The fourth-order valence-electron chi connectivity index (χ4n) is 3.06. The molecule has 2 aromatic carbocycles. The Morgan fingerprint density at radius 1 is 1.00 bits per heavy atom. The second-order valence-electron chi connectivity index (χ2n) is 6.19. The van der Waals surface area contributed by atoms with Crippen molar-refractivity contribution in [3.63, 3.8) is 0 Å². The van der Waals surface area contributed by atoms with Gasteiger partial charge in [0.1, 0.15) is 0 Å². The lowest BCUT2D eigenvalue weighted by molar-refractivity contribution is 0.109. The van der Waals surface area contributed by atoms with Crippen molar-refractivity contribution in [3.8, 4) is 0 Å². The van der Waals surface area contributed by atoms with Gasteiger partial charge in [0.15, 0.2) is 5.43 Å². The number of halogens is 1. The average molecular weight is 392 g/mol. The summed E-state index contributed by atoms with van der Waals surface area (Å²) in [7, 11) is 0. The average Bonchev–Trinajstić information content (AvgIpc) is 2.65. The van der Waals surface area contributed by atoms with Crippen molar-refractivity contribution >= 4 is 43.9 Å². The van der Waals surface area contributed by atoms with Crippen molar-refractivity contribution in [2.45, 2.75) is 26.9 Å². The molecule has 0 aliphatic heterocycles. The normalized spacial score (nSPS) is 11.2. The van der Waals surface area contributed by atoms with Gasteiger partial charge in [-0.05, 0) is 49.3 Å². The molecule has 3 aromatic rings. The van der Waals surface area contributed by atoms with E-state index in [4.69, 9.17) is 4.74 Å². The van der Waals surface area contributed by atoms with Gasteiger partial charge in [0, 0.05) is 33.3 Å². The summed E-state index contributed by atoms with van der Waals surface area (Å²) in [5.74, 6) is 0. The number of benzene rings is 2. The number of nitrogens with zero attached hydrogens (tertiary/aromatic N) is 1. The molecular weight excluding hydrogens is 366 g/mol. The van der Waals surface area contributed by atoms with E-state index in [2.05, 4.69) is 24.8 Å². The van der Waals surface area contributed by atoms with Crippen LogP contribution in [0.1, 0.15) is 25.8 Å². The van der Waals surface area contributed by atoms with Crippen LogP contribution in [-0.4, -0.2) is 31.1 Å². The Hall–Kier alpha value is -1.46. The number of ether oxygens (including phenoxy) is 1. The zero-order valence-corrected chi connectivity index (χ0v) is 17.0. The van der Waals surface area contributed by atoms with Gasteiger partial charge in [0.25, 0.3) is 0 Å². The largest absolute Gasteiger partial charge is 0.377 e. The summed E-state index contributed by atoms with van der Waals surface area (Å²) in [6.45, 7) is 8.92. The van der Waals surface area contributed by atoms with Gasteiger partial charge in [-0.2, -0.15) is 0 Å². The summed E-state index contributed by atoms with van der Waals surface area (Å²) in [5.41, 5.74) is 1.18. The Bertz CT molecular complexity index is 905.